The van der Waals surface area contributed by atoms with Gasteiger partial charge in [-0.25, -0.2) is 4.39 Å². The Bertz CT molecular complexity index is 223. The first kappa shape index (κ1) is 7.92. The predicted octanol–water partition coefficient (Wildman–Crippen LogP) is 1.86. The van der Waals surface area contributed by atoms with Crippen LogP contribution >= 0.6 is 0 Å². The van der Waals surface area contributed by atoms with E-state index in [1.54, 1.807) is 12.3 Å². The molecule has 0 bridgehead atoms. The fourth-order valence-corrected chi connectivity index (χ4v) is 1.32. The topological polar surface area (TPSA) is 21.6 Å². The maximum Gasteiger partial charge on any atom is 0.248 e. The van der Waals surface area contributed by atoms with Crippen molar-refractivity contribution in [3.63, 3.8) is 0 Å². The van der Waals surface area contributed by atoms with Gasteiger partial charge in [0.15, 0.2) is 0 Å². The Labute approximate surface area is 71.1 Å². The highest BCUT2D eigenvalue weighted by atomic mass is 19.2. The summed E-state index contributed by atoms with van der Waals surface area (Å²) in [6.45, 7) is 0.111. The monoisotopic (exact) mass is 169 g/mol. The first-order valence-electron chi connectivity index (χ1n) is 4.33. The van der Waals surface area contributed by atoms with Crippen molar-refractivity contribution in [2.75, 3.05) is 6.54 Å². The molecule has 1 aliphatic carbocycles. The zero-order valence-corrected chi connectivity index (χ0v) is 6.87. The van der Waals surface area contributed by atoms with Gasteiger partial charge in [0.05, 0.1) is 6.10 Å². The Morgan fingerprint density at radius 2 is 2.33 bits per heavy atom. The Balaban J connectivity index is 1.91. The van der Waals surface area contributed by atoms with Gasteiger partial charge in [-0.05, 0) is 31.4 Å². The van der Waals surface area contributed by atoms with Crippen molar-refractivity contribution in [3.8, 4) is 0 Å². The van der Waals surface area contributed by atoms with Crippen LogP contribution in [-0.2, 0) is 4.74 Å². The van der Waals surface area contributed by atoms with Crippen LogP contribution in [0.1, 0.15) is 19.3 Å². The highest BCUT2D eigenvalue weighted by Gasteiger charge is 2.33. The van der Waals surface area contributed by atoms with Crippen LogP contribution in [0.25, 0.3) is 0 Å². The van der Waals surface area contributed by atoms with Gasteiger partial charge >= 0.3 is 0 Å². The van der Waals surface area contributed by atoms with Crippen LogP contribution in [0.3, 0.4) is 0 Å². The van der Waals surface area contributed by atoms with Gasteiger partial charge in [0.25, 0.3) is 0 Å². The van der Waals surface area contributed by atoms with E-state index in [0.29, 0.717) is 0 Å². The first-order chi connectivity index (χ1) is 5.79. The molecule has 0 aromatic carbocycles. The summed E-state index contributed by atoms with van der Waals surface area (Å²) >= 11 is 0. The van der Waals surface area contributed by atoms with Crippen LogP contribution in [0.15, 0.2) is 17.1 Å². The van der Waals surface area contributed by atoms with Crippen LogP contribution in [0.2, 0.25) is 0 Å². The molecule has 0 aromatic rings. The van der Waals surface area contributed by atoms with Crippen LogP contribution < -0.4 is 0 Å². The molecular weight excluding hydrogens is 157 g/mol. The second-order valence-electron chi connectivity index (χ2n) is 3.31. The lowest BCUT2D eigenvalue weighted by atomic mass is 9.96. The second-order valence-corrected chi connectivity index (χ2v) is 3.31. The zero-order chi connectivity index (χ0) is 8.44. The molecule has 0 amide bonds. The lowest BCUT2D eigenvalue weighted by Gasteiger charge is -2.32. The Morgan fingerprint density at radius 1 is 1.50 bits per heavy atom. The molecule has 0 aromatic heterocycles. The van der Waals surface area contributed by atoms with Crippen LogP contribution in [0.5, 0.6) is 0 Å². The van der Waals surface area contributed by atoms with Crippen LogP contribution in [0, 0.1) is 0 Å². The third-order valence-corrected chi connectivity index (χ3v) is 2.26. The third-order valence-electron chi connectivity index (χ3n) is 2.26. The number of rotatable bonds is 2. The first-order valence-corrected chi connectivity index (χ1v) is 4.33. The van der Waals surface area contributed by atoms with Gasteiger partial charge in [-0.3, -0.25) is 4.99 Å². The van der Waals surface area contributed by atoms with Crippen molar-refractivity contribution in [2.45, 2.75) is 31.2 Å². The van der Waals surface area contributed by atoms with Crippen LogP contribution in [0.4, 0.5) is 4.39 Å². The molecule has 0 spiro atoms. The Hall–Kier alpha value is -0.700. The maximum absolute atomic E-state index is 13.6. The number of hydrogen-bond acceptors (Lipinski definition) is 2. The van der Waals surface area contributed by atoms with E-state index in [0.717, 1.165) is 19.3 Å². The highest BCUT2D eigenvalue weighted by molar-refractivity contribution is 5.72. The molecular formula is C9H12FNO. The zero-order valence-electron chi connectivity index (χ0n) is 6.87. The summed E-state index contributed by atoms with van der Waals surface area (Å²) in [4.78, 5) is 3.83. The van der Waals surface area contributed by atoms with Crippen molar-refractivity contribution in [3.05, 3.63) is 12.2 Å². The molecule has 3 heteroatoms. The van der Waals surface area contributed by atoms with Gasteiger partial charge in [0, 0.05) is 6.21 Å². The second kappa shape index (κ2) is 2.98. The number of halogens is 1. The van der Waals surface area contributed by atoms with Gasteiger partial charge in [-0.1, -0.05) is 0 Å². The molecule has 1 saturated carbocycles. The standard InChI is InChI=1S/C9H12FNO/c10-9(5-2-6-11-7-9)12-8-3-1-4-8/h2,5-6,8H,1,3-4,7H2. The number of dihydropyridines is 1. The number of hydrogen-bond donors (Lipinski definition) is 0. The molecule has 2 nitrogen and oxygen atoms in total. The van der Waals surface area contributed by atoms with E-state index in [4.69, 9.17) is 4.74 Å². The number of allylic oxidation sites excluding steroid dienone is 1. The summed E-state index contributed by atoms with van der Waals surface area (Å²) < 4.78 is 18.9. The van der Waals surface area contributed by atoms with E-state index >= 15 is 0 Å². The summed E-state index contributed by atoms with van der Waals surface area (Å²) in [5.41, 5.74) is 0. The third kappa shape index (κ3) is 1.55. The number of aliphatic imine (C=N–C) groups is 1. The smallest absolute Gasteiger partial charge is 0.248 e. The van der Waals surface area contributed by atoms with Gasteiger partial charge in [-0.15, -0.1) is 0 Å². The molecule has 12 heavy (non-hydrogen) atoms. The van der Waals surface area contributed by atoms with E-state index in [1.807, 2.05) is 0 Å². The van der Waals surface area contributed by atoms with E-state index in [2.05, 4.69) is 4.99 Å². The fraction of sp³-hybridized carbons (Fsp3) is 0.667. The molecule has 0 saturated heterocycles. The van der Waals surface area contributed by atoms with E-state index in [9.17, 15) is 4.39 Å². The molecule has 1 heterocycles. The van der Waals surface area contributed by atoms with E-state index < -0.39 is 5.85 Å². The Kier molecular flexibility index (Phi) is 1.97. The lowest BCUT2D eigenvalue weighted by molar-refractivity contribution is -0.159. The summed E-state index contributed by atoms with van der Waals surface area (Å²) in [7, 11) is 0. The molecule has 0 radical (unpaired) electrons. The highest BCUT2D eigenvalue weighted by Crippen LogP contribution is 2.29. The lowest BCUT2D eigenvalue weighted by Crippen LogP contribution is -2.37. The predicted molar refractivity (Wildman–Crippen MR) is 45.1 cm³/mol. The van der Waals surface area contributed by atoms with Crippen molar-refractivity contribution < 1.29 is 9.13 Å². The molecule has 1 aliphatic heterocycles. The minimum absolute atomic E-state index is 0.111. The normalized spacial score (nSPS) is 35.1. The number of nitrogens with zero attached hydrogens (tertiary/aromatic N) is 1. The van der Waals surface area contributed by atoms with Crippen molar-refractivity contribution in [1.82, 2.24) is 0 Å². The van der Waals surface area contributed by atoms with E-state index in [1.165, 1.54) is 6.08 Å². The fourth-order valence-electron chi connectivity index (χ4n) is 1.32. The molecule has 1 unspecified atom stereocenters. The molecule has 2 aliphatic rings. The molecule has 1 fully saturated rings. The Morgan fingerprint density at radius 3 is 2.83 bits per heavy atom. The molecule has 1 atom stereocenters. The van der Waals surface area contributed by atoms with Crippen molar-refractivity contribution in [2.24, 2.45) is 4.99 Å². The molecule has 66 valence electrons. The average molecular weight is 169 g/mol. The maximum atomic E-state index is 13.6. The van der Waals surface area contributed by atoms with Crippen molar-refractivity contribution in [1.29, 1.82) is 0 Å². The number of ether oxygens (including phenoxy) is 1. The van der Waals surface area contributed by atoms with Gasteiger partial charge < -0.3 is 4.74 Å². The molecule has 2 rings (SSSR count). The molecule has 0 N–H and O–H groups in total. The largest absolute Gasteiger partial charge is 0.338 e. The summed E-state index contributed by atoms with van der Waals surface area (Å²) in [6, 6.07) is 0. The summed E-state index contributed by atoms with van der Waals surface area (Å²) in [5.74, 6) is -1.63. The van der Waals surface area contributed by atoms with Gasteiger partial charge in [0.1, 0.15) is 6.54 Å². The number of alkyl halides is 1. The van der Waals surface area contributed by atoms with E-state index in [-0.39, 0.29) is 12.6 Å². The van der Waals surface area contributed by atoms with Gasteiger partial charge in [0.2, 0.25) is 5.85 Å². The summed E-state index contributed by atoms with van der Waals surface area (Å²) in [6.07, 6.45) is 7.90. The van der Waals surface area contributed by atoms with Crippen LogP contribution in [-0.4, -0.2) is 24.7 Å². The average Bonchev–Trinajstić information content (AvgIpc) is 1.99. The minimum Gasteiger partial charge on any atom is -0.338 e. The summed E-state index contributed by atoms with van der Waals surface area (Å²) in [5, 5.41) is 0. The van der Waals surface area contributed by atoms with Crippen molar-refractivity contribution >= 4 is 6.21 Å². The minimum atomic E-state index is -1.63. The van der Waals surface area contributed by atoms with Gasteiger partial charge in [-0.2, -0.15) is 0 Å². The SMILES string of the molecule is FC1(OC2CCC2)C=CC=NC1. The quantitative estimate of drug-likeness (QED) is 0.618.